The molecule has 1 unspecified atom stereocenters. The number of aromatic nitrogens is 1. The number of carbonyl (C=O) groups is 5. The Hall–Kier alpha value is -3.69. The van der Waals surface area contributed by atoms with E-state index in [9.17, 15) is 24.0 Å². The Labute approximate surface area is 337 Å². The first-order valence-electron chi connectivity index (χ1n) is 17.9. The van der Waals surface area contributed by atoms with E-state index in [1.165, 1.54) is 12.1 Å². The Kier molecular flexibility index (Phi) is 16.2. The van der Waals surface area contributed by atoms with Crippen LogP contribution in [0.3, 0.4) is 0 Å². The van der Waals surface area contributed by atoms with Crippen molar-refractivity contribution in [3.8, 4) is 0 Å². The van der Waals surface area contributed by atoms with Crippen molar-refractivity contribution in [3.63, 3.8) is 0 Å². The van der Waals surface area contributed by atoms with Gasteiger partial charge in [-0.1, -0.05) is 79.0 Å². The fraction of sp³-hybridized carbons (Fsp3) is 0.579. The molecule has 2 aromatic rings. The number of benzene rings is 1. The van der Waals surface area contributed by atoms with Gasteiger partial charge in [0, 0.05) is 19.0 Å². The minimum atomic E-state index is -1.79. The van der Waals surface area contributed by atoms with Crippen molar-refractivity contribution in [2.24, 2.45) is 11.3 Å². The number of nitrogens with one attached hydrogen (secondary N) is 3. The maximum Gasteiger partial charge on any atom is 0.408 e. The van der Waals surface area contributed by atoms with Gasteiger partial charge in [0.2, 0.25) is 3.79 Å². The van der Waals surface area contributed by atoms with Crippen LogP contribution in [0, 0.1) is 11.3 Å². The topological polar surface area (TPSA) is 174 Å². The van der Waals surface area contributed by atoms with Crippen LogP contribution in [0.5, 0.6) is 0 Å². The van der Waals surface area contributed by atoms with Gasteiger partial charge in [-0.2, -0.15) is 0 Å². The van der Waals surface area contributed by atoms with E-state index in [0.29, 0.717) is 24.1 Å². The summed E-state index contributed by atoms with van der Waals surface area (Å²) in [7, 11) is 1.37. The van der Waals surface area contributed by atoms with Crippen molar-refractivity contribution in [2.45, 2.75) is 102 Å². The SMILES string of the molecule is COCC(NC(=O)[C@@H](OC(=O)C(C)(C)C=Cc1ccc2ccc([C@@H](C)NC(=O)OC(C)(C)C)nc2c1)C(C)C)C(=O)N1CCC[C@@H](C(=O)OCC(Cl)(Cl)Cl)N1. The standard InChI is InChI=1S/C38H52Cl3N5O9/c1-22(2)30(31(47)44-29(20-52-9)32(48)46-18-10-11-27(45-46)33(49)53-21-38(39,40)41)54-34(50)37(7,8)17-16-24-12-13-25-14-15-26(43-28(25)19-24)23(3)42-35(51)55-36(4,5)6/h12-17,19,22-23,27,29-30,45H,10-11,18,20-21H2,1-9H3,(H,42,51)(H,44,47)/t23-,27+,29?,30+/m1/s1. The molecule has 3 rings (SSSR count). The lowest BCUT2D eigenvalue weighted by molar-refractivity contribution is -0.165. The second-order valence-electron chi connectivity index (χ2n) is 15.2. The number of nitrogens with zero attached hydrogens (tertiary/aromatic N) is 2. The average Bonchev–Trinajstić information content (AvgIpc) is 3.09. The third-order valence-electron chi connectivity index (χ3n) is 8.29. The molecule has 304 valence electrons. The summed E-state index contributed by atoms with van der Waals surface area (Å²) in [4.78, 5) is 70.2. The monoisotopic (exact) mass is 827 g/mol. The number of esters is 2. The zero-order valence-electron chi connectivity index (χ0n) is 32.7. The summed E-state index contributed by atoms with van der Waals surface area (Å²) in [6.07, 6.45) is 2.48. The molecule has 1 aromatic heterocycles. The van der Waals surface area contributed by atoms with Crippen LogP contribution in [-0.2, 0) is 38.1 Å². The van der Waals surface area contributed by atoms with Gasteiger partial charge >= 0.3 is 18.0 Å². The summed E-state index contributed by atoms with van der Waals surface area (Å²) in [6, 6.07) is 6.92. The van der Waals surface area contributed by atoms with Gasteiger partial charge in [-0.15, -0.1) is 0 Å². The summed E-state index contributed by atoms with van der Waals surface area (Å²) >= 11 is 17.1. The van der Waals surface area contributed by atoms with Crippen molar-refractivity contribution in [1.29, 1.82) is 0 Å². The maximum absolute atomic E-state index is 13.6. The second-order valence-corrected chi connectivity index (χ2v) is 17.8. The van der Waals surface area contributed by atoms with Gasteiger partial charge in [0.15, 0.2) is 6.10 Å². The first-order valence-corrected chi connectivity index (χ1v) is 19.0. The predicted octanol–water partition coefficient (Wildman–Crippen LogP) is 5.97. The zero-order valence-corrected chi connectivity index (χ0v) is 34.9. The van der Waals surface area contributed by atoms with E-state index < -0.39 is 81.4 Å². The van der Waals surface area contributed by atoms with Crippen LogP contribution in [0.15, 0.2) is 36.4 Å². The molecule has 3 amide bonds. The van der Waals surface area contributed by atoms with Gasteiger partial charge in [-0.05, 0) is 78.0 Å². The molecule has 0 aliphatic carbocycles. The van der Waals surface area contributed by atoms with Crippen LogP contribution in [0.25, 0.3) is 17.0 Å². The molecule has 1 fully saturated rings. The van der Waals surface area contributed by atoms with Gasteiger partial charge < -0.3 is 29.6 Å². The van der Waals surface area contributed by atoms with Gasteiger partial charge in [0.05, 0.1) is 29.3 Å². The highest BCUT2D eigenvalue weighted by atomic mass is 35.6. The van der Waals surface area contributed by atoms with E-state index in [4.69, 9.17) is 58.7 Å². The number of ether oxygens (including phenoxy) is 4. The molecule has 0 bridgehead atoms. The second kappa shape index (κ2) is 19.4. The largest absolute Gasteiger partial charge is 0.460 e. The Morgan fingerprint density at radius 2 is 1.69 bits per heavy atom. The average molecular weight is 829 g/mol. The van der Waals surface area contributed by atoms with E-state index in [2.05, 4.69) is 16.1 Å². The summed E-state index contributed by atoms with van der Waals surface area (Å²) < 4.78 is 19.6. The van der Waals surface area contributed by atoms with Crippen LogP contribution in [0.2, 0.25) is 0 Å². The third kappa shape index (κ3) is 14.4. The Morgan fingerprint density at radius 1 is 1.02 bits per heavy atom. The van der Waals surface area contributed by atoms with Crippen LogP contribution in [0.4, 0.5) is 4.79 Å². The van der Waals surface area contributed by atoms with Crippen LogP contribution in [-0.4, -0.2) is 94.3 Å². The lowest BCUT2D eigenvalue weighted by Crippen LogP contribution is -2.61. The maximum atomic E-state index is 13.6. The van der Waals surface area contributed by atoms with Crippen molar-refractivity contribution in [2.75, 3.05) is 26.9 Å². The lowest BCUT2D eigenvalue weighted by atomic mass is 9.92. The minimum absolute atomic E-state index is 0.195. The summed E-state index contributed by atoms with van der Waals surface area (Å²) in [5.41, 5.74) is 3.11. The molecular weight excluding hydrogens is 777 g/mol. The molecular formula is C38H52Cl3N5O9. The molecule has 0 radical (unpaired) electrons. The highest BCUT2D eigenvalue weighted by Crippen LogP contribution is 2.27. The number of alkyl carbamates (subject to hydrolysis) is 1. The molecule has 1 aliphatic rings. The highest BCUT2D eigenvalue weighted by molar-refractivity contribution is 6.67. The first-order chi connectivity index (χ1) is 25.5. The number of rotatable bonds is 14. The fourth-order valence-electron chi connectivity index (χ4n) is 5.34. The first kappa shape index (κ1) is 45.7. The number of pyridine rings is 1. The Balaban J connectivity index is 1.68. The molecule has 1 saturated heterocycles. The van der Waals surface area contributed by atoms with Gasteiger partial charge in [0.1, 0.15) is 24.3 Å². The minimum Gasteiger partial charge on any atom is -0.460 e. The van der Waals surface area contributed by atoms with E-state index in [0.717, 1.165) is 10.9 Å². The van der Waals surface area contributed by atoms with Crippen molar-refractivity contribution in [3.05, 3.63) is 47.7 Å². The third-order valence-corrected chi connectivity index (χ3v) is 8.62. The number of alkyl halides is 3. The van der Waals surface area contributed by atoms with Crippen LogP contribution in [0.1, 0.15) is 85.5 Å². The van der Waals surface area contributed by atoms with Gasteiger partial charge in [-0.25, -0.2) is 10.2 Å². The van der Waals surface area contributed by atoms with Crippen molar-refractivity contribution in [1.82, 2.24) is 26.1 Å². The highest BCUT2D eigenvalue weighted by Gasteiger charge is 2.38. The lowest BCUT2D eigenvalue weighted by Gasteiger charge is -2.35. The summed E-state index contributed by atoms with van der Waals surface area (Å²) in [6.45, 7) is 13.5. The Morgan fingerprint density at radius 3 is 2.31 bits per heavy atom. The number of hydrogen-bond donors (Lipinski definition) is 3. The number of hydrazine groups is 1. The van der Waals surface area contributed by atoms with Gasteiger partial charge in [-0.3, -0.25) is 29.2 Å². The molecule has 1 aromatic carbocycles. The van der Waals surface area contributed by atoms with Crippen molar-refractivity contribution < 1.29 is 42.9 Å². The van der Waals surface area contributed by atoms with Crippen LogP contribution >= 0.6 is 34.8 Å². The molecule has 2 heterocycles. The van der Waals surface area contributed by atoms with E-state index in [-0.39, 0.29) is 13.2 Å². The van der Waals surface area contributed by atoms with Crippen LogP contribution < -0.4 is 16.1 Å². The summed E-state index contributed by atoms with van der Waals surface area (Å²) in [5, 5.41) is 7.55. The molecule has 4 atom stereocenters. The number of hydrogen-bond acceptors (Lipinski definition) is 11. The number of methoxy groups -OCH3 is 1. The summed E-state index contributed by atoms with van der Waals surface area (Å²) in [5.74, 6) is -3.09. The quantitative estimate of drug-likeness (QED) is 0.116. The number of carbonyl (C=O) groups excluding carboxylic acids is 5. The van der Waals surface area contributed by atoms with E-state index >= 15 is 0 Å². The van der Waals surface area contributed by atoms with Gasteiger partial charge in [0.25, 0.3) is 11.8 Å². The normalized spacial score (nSPS) is 17.0. The molecule has 17 heteroatoms. The molecule has 1 aliphatic heterocycles. The molecule has 14 nitrogen and oxygen atoms in total. The zero-order chi connectivity index (χ0) is 41.3. The number of halogens is 3. The number of amides is 3. The van der Waals surface area contributed by atoms with E-state index in [1.54, 1.807) is 60.6 Å². The predicted molar refractivity (Wildman–Crippen MR) is 210 cm³/mol. The molecule has 0 saturated carbocycles. The molecule has 0 spiro atoms. The molecule has 55 heavy (non-hydrogen) atoms. The van der Waals surface area contributed by atoms with E-state index in [1.807, 2.05) is 37.3 Å². The number of fused-ring (bicyclic) bond motifs is 1. The van der Waals surface area contributed by atoms with Crippen molar-refractivity contribution >= 4 is 81.6 Å². The molecule has 3 N–H and O–H groups in total. The fourth-order valence-corrected chi connectivity index (χ4v) is 5.50. The Bertz CT molecular complexity index is 1730. The smallest absolute Gasteiger partial charge is 0.408 e.